The fraction of sp³-hybridized carbons (Fsp3) is 0.278. The van der Waals surface area contributed by atoms with Crippen LogP contribution in [0.5, 0.6) is 0 Å². The number of rotatable bonds is 4. The van der Waals surface area contributed by atoms with Crippen molar-refractivity contribution in [3.8, 4) is 0 Å². The molecule has 2 aromatic heterocycles. The van der Waals surface area contributed by atoms with Gasteiger partial charge in [0.2, 0.25) is 0 Å². The first-order chi connectivity index (χ1) is 10.7. The lowest BCUT2D eigenvalue weighted by Gasteiger charge is -2.04. The van der Waals surface area contributed by atoms with Crippen molar-refractivity contribution in [2.45, 2.75) is 32.4 Å². The Hall–Kier alpha value is -2.07. The molecule has 0 bridgehead atoms. The van der Waals surface area contributed by atoms with Gasteiger partial charge in [-0.3, -0.25) is 4.79 Å². The predicted octanol–water partition coefficient (Wildman–Crippen LogP) is 4.28. The van der Waals surface area contributed by atoms with Crippen LogP contribution in [-0.4, -0.2) is 10.5 Å². The molecule has 1 aliphatic carbocycles. The average Bonchev–Trinajstić information content (AvgIpc) is 3.17. The van der Waals surface area contributed by atoms with Gasteiger partial charge in [-0.05, 0) is 31.4 Å². The van der Waals surface area contributed by atoms with Crippen LogP contribution in [0.1, 0.15) is 39.7 Å². The lowest BCUT2D eigenvalue weighted by molar-refractivity contribution is 0.0955. The number of nitrogens with one attached hydrogen (secondary N) is 1. The van der Waals surface area contributed by atoms with Crippen molar-refractivity contribution in [2.24, 2.45) is 0 Å². The van der Waals surface area contributed by atoms with E-state index in [0.29, 0.717) is 12.6 Å². The number of carbonyl (C=O) groups is 1. The molecular weight excluding hydrogens is 292 g/mol. The molecule has 0 aliphatic heterocycles. The van der Waals surface area contributed by atoms with Gasteiger partial charge < -0.3 is 9.88 Å². The highest BCUT2D eigenvalue weighted by molar-refractivity contribution is 7.20. The van der Waals surface area contributed by atoms with Gasteiger partial charge in [-0.25, -0.2) is 0 Å². The van der Waals surface area contributed by atoms with Crippen molar-refractivity contribution in [2.75, 3.05) is 0 Å². The number of aryl methyl sites for hydroxylation is 1. The summed E-state index contributed by atoms with van der Waals surface area (Å²) in [6.07, 6.45) is 6.91. The minimum Gasteiger partial charge on any atom is -0.349 e. The zero-order valence-electron chi connectivity index (χ0n) is 12.5. The summed E-state index contributed by atoms with van der Waals surface area (Å²) in [6.45, 7) is 2.64. The maximum atomic E-state index is 12.3. The molecule has 1 fully saturated rings. The summed E-state index contributed by atoms with van der Waals surface area (Å²) < 4.78 is 3.49. The zero-order chi connectivity index (χ0) is 15.1. The molecule has 112 valence electrons. The molecule has 3 aromatic rings. The van der Waals surface area contributed by atoms with Crippen molar-refractivity contribution in [3.05, 3.63) is 58.7 Å². The van der Waals surface area contributed by atoms with Gasteiger partial charge in [0.25, 0.3) is 5.91 Å². The van der Waals surface area contributed by atoms with Gasteiger partial charge in [-0.1, -0.05) is 29.8 Å². The summed E-state index contributed by atoms with van der Waals surface area (Å²) in [5, 5.41) is 4.18. The van der Waals surface area contributed by atoms with Gasteiger partial charge in [0, 0.05) is 30.4 Å². The van der Waals surface area contributed by atoms with E-state index in [0.717, 1.165) is 10.4 Å². The first-order valence-electron chi connectivity index (χ1n) is 7.64. The Kier molecular flexibility index (Phi) is 3.26. The summed E-state index contributed by atoms with van der Waals surface area (Å²) in [7, 11) is 0. The Morgan fingerprint density at radius 3 is 2.73 bits per heavy atom. The summed E-state index contributed by atoms with van der Waals surface area (Å²) in [5.74, 6) is 0.0137. The quantitative estimate of drug-likeness (QED) is 0.767. The second-order valence-corrected chi connectivity index (χ2v) is 7.12. The lowest BCUT2D eigenvalue weighted by Crippen LogP contribution is -2.21. The average molecular weight is 310 g/mol. The number of carbonyl (C=O) groups excluding carboxylic acids is 1. The molecule has 4 heteroatoms. The fourth-order valence-corrected chi connectivity index (χ4v) is 3.62. The van der Waals surface area contributed by atoms with E-state index >= 15 is 0 Å². The Bertz CT molecular complexity index is 793. The molecule has 0 unspecified atom stereocenters. The molecule has 1 aromatic carbocycles. The molecule has 0 spiro atoms. The molecule has 0 atom stereocenters. The van der Waals surface area contributed by atoms with Crippen LogP contribution in [0, 0.1) is 6.92 Å². The van der Waals surface area contributed by atoms with Gasteiger partial charge >= 0.3 is 0 Å². The van der Waals surface area contributed by atoms with E-state index < -0.39 is 0 Å². The van der Waals surface area contributed by atoms with Gasteiger partial charge in [-0.2, -0.15) is 0 Å². The zero-order valence-corrected chi connectivity index (χ0v) is 13.3. The van der Waals surface area contributed by atoms with Crippen LogP contribution >= 0.6 is 11.3 Å². The highest BCUT2D eigenvalue weighted by Crippen LogP contribution is 2.38. The maximum Gasteiger partial charge on any atom is 0.261 e. The van der Waals surface area contributed by atoms with Gasteiger partial charge in [0.05, 0.1) is 9.58 Å². The van der Waals surface area contributed by atoms with Crippen LogP contribution in [0.3, 0.4) is 0 Å². The van der Waals surface area contributed by atoms with Gasteiger partial charge in [0.1, 0.15) is 0 Å². The predicted molar refractivity (Wildman–Crippen MR) is 90.4 cm³/mol. The Morgan fingerprint density at radius 2 is 2.05 bits per heavy atom. The van der Waals surface area contributed by atoms with Crippen LogP contribution in [-0.2, 0) is 6.54 Å². The summed E-state index contributed by atoms with van der Waals surface area (Å²) >= 11 is 1.58. The van der Waals surface area contributed by atoms with Crippen LogP contribution in [0.4, 0.5) is 0 Å². The second-order valence-electron chi connectivity index (χ2n) is 6.04. The summed E-state index contributed by atoms with van der Waals surface area (Å²) in [4.78, 5) is 13.1. The second kappa shape index (κ2) is 5.29. The lowest BCUT2D eigenvalue weighted by atomic mass is 10.1. The highest BCUT2D eigenvalue weighted by Gasteiger charge is 2.23. The minimum absolute atomic E-state index is 0.0137. The number of hydrogen-bond acceptors (Lipinski definition) is 2. The number of thiophene rings is 1. The van der Waals surface area contributed by atoms with Crippen LogP contribution in [0.2, 0.25) is 0 Å². The Labute approximate surface area is 133 Å². The number of aromatic nitrogens is 1. The molecule has 4 rings (SSSR count). The fourth-order valence-electron chi connectivity index (χ4n) is 2.63. The molecule has 0 radical (unpaired) electrons. The van der Waals surface area contributed by atoms with Crippen LogP contribution < -0.4 is 5.32 Å². The van der Waals surface area contributed by atoms with Crippen molar-refractivity contribution < 1.29 is 4.79 Å². The normalized spacial score (nSPS) is 14.4. The van der Waals surface area contributed by atoms with Crippen molar-refractivity contribution in [3.63, 3.8) is 0 Å². The number of fused-ring (bicyclic) bond motifs is 1. The number of hydrogen-bond donors (Lipinski definition) is 1. The third-order valence-corrected chi connectivity index (χ3v) is 5.20. The molecule has 1 N–H and O–H groups in total. The van der Waals surface area contributed by atoms with E-state index in [-0.39, 0.29) is 5.91 Å². The van der Waals surface area contributed by atoms with E-state index in [9.17, 15) is 4.79 Å². The smallest absolute Gasteiger partial charge is 0.261 e. The van der Waals surface area contributed by atoms with Gasteiger partial charge in [-0.15, -0.1) is 11.3 Å². The molecule has 2 heterocycles. The monoisotopic (exact) mass is 310 g/mol. The van der Waals surface area contributed by atoms with Crippen LogP contribution in [0.15, 0.2) is 42.7 Å². The van der Waals surface area contributed by atoms with Crippen molar-refractivity contribution >= 4 is 27.3 Å². The first kappa shape index (κ1) is 13.6. The number of benzene rings is 1. The number of nitrogens with zero attached hydrogens (tertiary/aromatic N) is 1. The third kappa shape index (κ3) is 2.66. The number of amides is 1. The molecule has 1 amide bonds. The third-order valence-electron chi connectivity index (χ3n) is 4.11. The van der Waals surface area contributed by atoms with E-state index in [2.05, 4.69) is 53.5 Å². The molecule has 22 heavy (non-hydrogen) atoms. The molecular formula is C18H18N2OS. The highest BCUT2D eigenvalue weighted by atomic mass is 32.1. The molecule has 3 nitrogen and oxygen atoms in total. The van der Waals surface area contributed by atoms with Gasteiger partial charge in [0.15, 0.2) is 0 Å². The maximum absolute atomic E-state index is 12.3. The van der Waals surface area contributed by atoms with Crippen molar-refractivity contribution in [1.29, 1.82) is 0 Å². The van der Waals surface area contributed by atoms with E-state index in [1.54, 1.807) is 11.3 Å². The molecule has 0 saturated heterocycles. The van der Waals surface area contributed by atoms with E-state index in [1.807, 2.05) is 6.07 Å². The topological polar surface area (TPSA) is 34.0 Å². The standard InChI is InChI=1S/C18H18N2OS/c1-12-2-4-13(5-3-12)9-19-18(21)16-8-14-10-20(15-6-7-15)11-17(14)22-16/h2-5,8,10-11,15H,6-7,9H2,1H3,(H,19,21). The summed E-state index contributed by atoms with van der Waals surface area (Å²) in [5.41, 5.74) is 2.36. The Balaban J connectivity index is 1.45. The summed E-state index contributed by atoms with van der Waals surface area (Å²) in [6, 6.07) is 10.9. The SMILES string of the molecule is Cc1ccc(CNC(=O)c2cc3cn(C4CC4)cc3s2)cc1. The molecule has 1 saturated carbocycles. The molecule has 1 aliphatic rings. The van der Waals surface area contributed by atoms with E-state index in [4.69, 9.17) is 0 Å². The first-order valence-corrected chi connectivity index (χ1v) is 8.45. The largest absolute Gasteiger partial charge is 0.349 e. The Morgan fingerprint density at radius 1 is 1.27 bits per heavy atom. The van der Waals surface area contributed by atoms with Crippen LogP contribution in [0.25, 0.3) is 10.1 Å². The van der Waals surface area contributed by atoms with Crippen molar-refractivity contribution in [1.82, 2.24) is 9.88 Å². The van der Waals surface area contributed by atoms with E-state index in [1.165, 1.54) is 28.5 Å². The minimum atomic E-state index is 0.0137.